The van der Waals surface area contributed by atoms with Crippen molar-refractivity contribution in [1.82, 2.24) is 4.90 Å². The highest BCUT2D eigenvalue weighted by Crippen LogP contribution is 2.45. The van der Waals surface area contributed by atoms with E-state index in [4.69, 9.17) is 0 Å². The summed E-state index contributed by atoms with van der Waals surface area (Å²) in [5.41, 5.74) is -0.506. The molecule has 1 N–H and O–H groups in total. The molecule has 2 fully saturated rings. The molecule has 0 aliphatic carbocycles. The van der Waals surface area contributed by atoms with Crippen LogP contribution in [0.5, 0.6) is 0 Å². The minimum absolute atomic E-state index is 0.261. The van der Waals surface area contributed by atoms with Crippen molar-refractivity contribution in [3.8, 4) is 0 Å². The van der Waals surface area contributed by atoms with Crippen LogP contribution in [0.1, 0.15) is 36.8 Å². The Morgan fingerprint density at radius 1 is 1.16 bits per heavy atom. The first-order valence-corrected chi connectivity index (χ1v) is 6.81. The normalized spacial score (nSPS) is 34.8. The second-order valence-electron chi connectivity index (χ2n) is 6.07. The Bertz CT molecular complexity index is 503. The topological polar surface area (TPSA) is 23.5 Å². The fourth-order valence-electron chi connectivity index (χ4n) is 3.68. The summed E-state index contributed by atoms with van der Waals surface area (Å²) in [6.07, 6.45) is 3.15. The van der Waals surface area contributed by atoms with Gasteiger partial charge in [-0.2, -0.15) is 0 Å². The second kappa shape index (κ2) is 4.25. The molecule has 0 radical (unpaired) electrons. The van der Waals surface area contributed by atoms with Crippen LogP contribution >= 0.6 is 0 Å². The maximum absolute atomic E-state index is 14.0. The number of nitrogens with zero attached hydrogens (tertiary/aromatic N) is 1. The number of aliphatic hydroxyl groups is 1. The van der Waals surface area contributed by atoms with Gasteiger partial charge in [-0.25, -0.2) is 8.78 Å². The molecule has 0 aromatic heterocycles. The summed E-state index contributed by atoms with van der Waals surface area (Å²) in [6, 6.07) is 2.96. The average molecular weight is 267 g/mol. The number of hydrogen-bond acceptors (Lipinski definition) is 2. The lowest BCUT2D eigenvalue weighted by Gasteiger charge is -2.42. The maximum Gasteiger partial charge on any atom is 0.132 e. The van der Waals surface area contributed by atoms with Crippen LogP contribution in [0.15, 0.2) is 12.1 Å². The predicted octanol–water partition coefficient (Wildman–Crippen LogP) is 2.72. The molecule has 2 unspecified atom stereocenters. The van der Waals surface area contributed by atoms with E-state index < -0.39 is 17.2 Å². The Morgan fingerprint density at radius 2 is 1.74 bits per heavy atom. The van der Waals surface area contributed by atoms with E-state index in [1.807, 2.05) is 0 Å². The Labute approximate surface area is 112 Å². The zero-order valence-electron chi connectivity index (χ0n) is 11.3. The van der Waals surface area contributed by atoms with Crippen molar-refractivity contribution in [2.24, 2.45) is 0 Å². The fourth-order valence-corrected chi connectivity index (χ4v) is 3.68. The number of halogens is 2. The van der Waals surface area contributed by atoms with Crippen LogP contribution in [0.3, 0.4) is 0 Å². The third-order valence-electron chi connectivity index (χ3n) is 4.88. The third kappa shape index (κ3) is 1.98. The summed E-state index contributed by atoms with van der Waals surface area (Å²) in [5, 5.41) is 10.8. The molecule has 19 heavy (non-hydrogen) atoms. The summed E-state index contributed by atoms with van der Waals surface area (Å²) in [5.74, 6) is -1.18. The second-order valence-corrected chi connectivity index (χ2v) is 6.07. The van der Waals surface area contributed by atoms with Gasteiger partial charge in [0.05, 0.1) is 5.60 Å². The number of piperidine rings is 1. The maximum atomic E-state index is 14.0. The number of aryl methyl sites for hydroxylation is 1. The van der Waals surface area contributed by atoms with E-state index in [1.54, 1.807) is 6.92 Å². The molecule has 0 spiro atoms. The molecule has 0 amide bonds. The molecule has 1 aromatic carbocycles. The summed E-state index contributed by atoms with van der Waals surface area (Å²) < 4.78 is 27.4. The molecule has 104 valence electrons. The van der Waals surface area contributed by atoms with Crippen LogP contribution in [0, 0.1) is 18.6 Å². The summed E-state index contributed by atoms with van der Waals surface area (Å²) in [7, 11) is 2.06. The van der Waals surface area contributed by atoms with Gasteiger partial charge in [0.2, 0.25) is 0 Å². The largest absolute Gasteiger partial charge is 0.385 e. The first kappa shape index (κ1) is 13.0. The van der Waals surface area contributed by atoms with Gasteiger partial charge >= 0.3 is 0 Å². The molecule has 2 aliphatic heterocycles. The third-order valence-corrected chi connectivity index (χ3v) is 4.88. The molecule has 2 saturated heterocycles. The lowest BCUT2D eigenvalue weighted by molar-refractivity contribution is -0.0516. The van der Waals surface area contributed by atoms with E-state index in [0.717, 1.165) is 18.9 Å². The van der Waals surface area contributed by atoms with Crippen molar-refractivity contribution in [3.05, 3.63) is 34.9 Å². The Morgan fingerprint density at radius 3 is 2.32 bits per heavy atom. The van der Waals surface area contributed by atoms with Crippen molar-refractivity contribution in [3.63, 3.8) is 0 Å². The summed E-state index contributed by atoms with van der Waals surface area (Å²) in [4.78, 5) is 2.28. The SMILES string of the molecule is Cc1cc(C2(O)CC3CCC(C2)N3C)c(F)cc1F. The zero-order chi connectivity index (χ0) is 13.8. The van der Waals surface area contributed by atoms with Gasteiger partial charge in [-0.3, -0.25) is 0 Å². The van der Waals surface area contributed by atoms with E-state index in [2.05, 4.69) is 11.9 Å². The van der Waals surface area contributed by atoms with Crippen LogP contribution in [0.2, 0.25) is 0 Å². The van der Waals surface area contributed by atoms with Gasteiger partial charge in [0.15, 0.2) is 0 Å². The molecule has 1 aromatic rings. The van der Waals surface area contributed by atoms with Gasteiger partial charge in [-0.05, 0) is 51.3 Å². The van der Waals surface area contributed by atoms with E-state index in [-0.39, 0.29) is 5.56 Å². The number of rotatable bonds is 1. The van der Waals surface area contributed by atoms with Crippen LogP contribution in [-0.2, 0) is 5.60 Å². The molecule has 2 atom stereocenters. The highest BCUT2D eigenvalue weighted by Gasteiger charge is 2.47. The van der Waals surface area contributed by atoms with Crippen LogP contribution < -0.4 is 0 Å². The van der Waals surface area contributed by atoms with E-state index >= 15 is 0 Å². The predicted molar refractivity (Wildman–Crippen MR) is 68.8 cm³/mol. The van der Waals surface area contributed by atoms with Crippen LogP contribution in [0.25, 0.3) is 0 Å². The lowest BCUT2D eigenvalue weighted by Crippen LogP contribution is -2.48. The average Bonchev–Trinajstić information content (AvgIpc) is 2.59. The Balaban J connectivity index is 2.00. The first-order chi connectivity index (χ1) is 8.90. The molecular weight excluding hydrogens is 248 g/mol. The van der Waals surface area contributed by atoms with Crippen molar-refractivity contribution < 1.29 is 13.9 Å². The lowest BCUT2D eigenvalue weighted by atomic mass is 9.80. The number of fused-ring (bicyclic) bond motifs is 2. The Hall–Kier alpha value is -1.00. The molecule has 3 rings (SSSR count). The van der Waals surface area contributed by atoms with Crippen molar-refractivity contribution >= 4 is 0 Å². The van der Waals surface area contributed by atoms with Crippen molar-refractivity contribution in [2.75, 3.05) is 7.05 Å². The molecule has 0 saturated carbocycles. The molecule has 2 nitrogen and oxygen atoms in total. The van der Waals surface area contributed by atoms with Gasteiger partial charge in [-0.1, -0.05) is 0 Å². The van der Waals surface area contributed by atoms with E-state index in [9.17, 15) is 13.9 Å². The molecular formula is C15H19F2NO. The van der Waals surface area contributed by atoms with Gasteiger partial charge in [-0.15, -0.1) is 0 Å². The molecule has 4 heteroatoms. The van der Waals surface area contributed by atoms with Crippen LogP contribution in [0.4, 0.5) is 8.78 Å². The summed E-state index contributed by atoms with van der Waals surface area (Å²) >= 11 is 0. The van der Waals surface area contributed by atoms with Gasteiger partial charge < -0.3 is 10.0 Å². The molecule has 2 heterocycles. The zero-order valence-corrected chi connectivity index (χ0v) is 11.3. The molecule has 2 aliphatic rings. The fraction of sp³-hybridized carbons (Fsp3) is 0.600. The Kier molecular flexibility index (Phi) is 2.91. The molecule has 2 bridgehead atoms. The van der Waals surface area contributed by atoms with Gasteiger partial charge in [0, 0.05) is 23.7 Å². The highest BCUT2D eigenvalue weighted by atomic mass is 19.1. The highest BCUT2D eigenvalue weighted by molar-refractivity contribution is 5.31. The minimum atomic E-state index is -1.15. The van der Waals surface area contributed by atoms with Crippen LogP contribution in [-0.4, -0.2) is 29.1 Å². The summed E-state index contributed by atoms with van der Waals surface area (Å²) in [6.45, 7) is 1.60. The monoisotopic (exact) mass is 267 g/mol. The van der Waals surface area contributed by atoms with Crippen molar-refractivity contribution in [2.45, 2.75) is 50.3 Å². The smallest absolute Gasteiger partial charge is 0.132 e. The first-order valence-electron chi connectivity index (χ1n) is 6.81. The van der Waals surface area contributed by atoms with Gasteiger partial charge in [0.1, 0.15) is 11.6 Å². The number of benzene rings is 1. The van der Waals surface area contributed by atoms with E-state index in [1.165, 1.54) is 6.07 Å². The van der Waals surface area contributed by atoms with E-state index in [0.29, 0.717) is 30.5 Å². The standard InChI is InChI=1S/C15H19F2NO/c1-9-5-12(14(17)6-13(9)16)15(19)7-10-3-4-11(8-15)18(10)2/h5-6,10-11,19H,3-4,7-8H2,1-2H3. The number of hydrogen-bond donors (Lipinski definition) is 1. The van der Waals surface area contributed by atoms with Gasteiger partial charge in [0.25, 0.3) is 0 Å². The van der Waals surface area contributed by atoms with Crippen molar-refractivity contribution in [1.29, 1.82) is 0 Å². The minimum Gasteiger partial charge on any atom is -0.385 e. The quantitative estimate of drug-likeness (QED) is 0.845.